The minimum absolute atomic E-state index is 0.195. The number of rotatable bonds is 10. The van der Waals surface area contributed by atoms with Crippen LogP contribution in [0.25, 0.3) is 33.5 Å². The van der Waals surface area contributed by atoms with Gasteiger partial charge in [0.1, 0.15) is 23.6 Å². The normalized spacial score (nSPS) is 16.4. The number of hydrogen-bond donors (Lipinski definition) is 4. The summed E-state index contributed by atoms with van der Waals surface area (Å²) in [5, 5.41) is 17.0. The summed E-state index contributed by atoms with van der Waals surface area (Å²) in [6.07, 6.45) is 1.42. The number of nitrogens with one attached hydrogen (secondary N) is 3. The zero-order valence-electron chi connectivity index (χ0n) is 30.0. The van der Waals surface area contributed by atoms with Gasteiger partial charge in [-0.25, -0.2) is 18.7 Å². The number of benzene rings is 3. The number of aromatic nitrogens is 3. The Hall–Kier alpha value is -4.59. The third-order valence-corrected chi connectivity index (χ3v) is 10.3. The topological polar surface area (TPSA) is 113 Å². The van der Waals surface area contributed by atoms with Crippen molar-refractivity contribution in [3.8, 4) is 22.5 Å². The molecule has 2 saturated heterocycles. The van der Waals surface area contributed by atoms with Gasteiger partial charge in [0.25, 0.3) is 5.91 Å². The molecule has 4 heterocycles. The van der Waals surface area contributed by atoms with Crippen molar-refractivity contribution in [2.75, 3.05) is 70.8 Å². The van der Waals surface area contributed by atoms with Gasteiger partial charge in [0.15, 0.2) is 0 Å². The van der Waals surface area contributed by atoms with Crippen LogP contribution >= 0.6 is 0 Å². The van der Waals surface area contributed by atoms with Gasteiger partial charge in [-0.05, 0) is 73.4 Å². The van der Waals surface area contributed by atoms with E-state index in [1.54, 1.807) is 6.92 Å². The SMILES string of the molecule is Cc1c(NC(=O)c2ccc(C(C)(C)O)cc2F)cc(F)cc1-c1ncnc2[nH]c(-c3ccc(CN4CCN(CCN5CCNCC5)CC4)cc3)cc12. The first-order chi connectivity index (χ1) is 25.0. The Morgan fingerprint density at radius 3 is 2.27 bits per heavy atom. The average molecular weight is 709 g/mol. The summed E-state index contributed by atoms with van der Waals surface area (Å²) in [5.74, 6) is -2.10. The number of piperazine rings is 2. The molecule has 0 bridgehead atoms. The van der Waals surface area contributed by atoms with Crippen molar-refractivity contribution >= 4 is 22.6 Å². The van der Waals surface area contributed by atoms with Crippen molar-refractivity contribution < 1.29 is 18.7 Å². The van der Waals surface area contributed by atoms with Crippen molar-refractivity contribution in [3.63, 3.8) is 0 Å². The van der Waals surface area contributed by atoms with E-state index in [4.69, 9.17) is 0 Å². The second-order valence-corrected chi connectivity index (χ2v) is 14.4. The second-order valence-electron chi connectivity index (χ2n) is 14.4. The molecule has 4 N–H and O–H groups in total. The lowest BCUT2D eigenvalue weighted by Crippen LogP contribution is -2.50. The molecule has 10 nitrogen and oxygen atoms in total. The molecule has 0 spiro atoms. The number of halogens is 2. The van der Waals surface area contributed by atoms with Crippen LogP contribution in [0.3, 0.4) is 0 Å². The maximum absolute atomic E-state index is 15.1. The number of amides is 1. The molecular formula is C40H46F2N8O2. The van der Waals surface area contributed by atoms with Gasteiger partial charge >= 0.3 is 0 Å². The van der Waals surface area contributed by atoms with E-state index in [0.717, 1.165) is 89.3 Å². The van der Waals surface area contributed by atoms with E-state index >= 15 is 4.39 Å². The highest BCUT2D eigenvalue weighted by Gasteiger charge is 2.23. The lowest BCUT2D eigenvalue weighted by molar-refractivity contribution is 0.0780. The Bertz CT molecular complexity index is 2050. The number of fused-ring (bicyclic) bond motifs is 1. The van der Waals surface area contributed by atoms with Crippen molar-refractivity contribution in [2.45, 2.75) is 32.9 Å². The smallest absolute Gasteiger partial charge is 0.258 e. The van der Waals surface area contributed by atoms with Crippen LogP contribution in [0.4, 0.5) is 14.5 Å². The van der Waals surface area contributed by atoms with E-state index in [0.29, 0.717) is 33.4 Å². The number of hydrogen-bond acceptors (Lipinski definition) is 8. The molecule has 0 unspecified atom stereocenters. The predicted molar refractivity (Wildman–Crippen MR) is 200 cm³/mol. The summed E-state index contributed by atoms with van der Waals surface area (Å²) in [5.41, 5.74) is 4.29. The number of nitrogens with zero attached hydrogens (tertiary/aromatic N) is 5. The number of aliphatic hydroxyl groups is 1. The first-order valence-electron chi connectivity index (χ1n) is 18.0. The van der Waals surface area contributed by atoms with Gasteiger partial charge in [-0.1, -0.05) is 30.3 Å². The lowest BCUT2D eigenvalue weighted by Gasteiger charge is -2.36. The van der Waals surface area contributed by atoms with Gasteiger partial charge in [-0.2, -0.15) is 0 Å². The van der Waals surface area contributed by atoms with Crippen LogP contribution in [0, 0.1) is 18.6 Å². The predicted octanol–water partition coefficient (Wildman–Crippen LogP) is 5.38. The van der Waals surface area contributed by atoms with Crippen LogP contribution in [-0.4, -0.2) is 106 Å². The zero-order chi connectivity index (χ0) is 36.4. The molecule has 3 aromatic carbocycles. The van der Waals surface area contributed by atoms with Crippen LogP contribution in [0.1, 0.15) is 40.9 Å². The van der Waals surface area contributed by atoms with E-state index in [1.807, 2.05) is 6.07 Å². The molecule has 2 aromatic heterocycles. The highest BCUT2D eigenvalue weighted by atomic mass is 19.1. The molecule has 0 aliphatic carbocycles. The van der Waals surface area contributed by atoms with Crippen molar-refractivity contribution in [1.29, 1.82) is 0 Å². The summed E-state index contributed by atoms with van der Waals surface area (Å²) in [6.45, 7) is 16.8. The lowest BCUT2D eigenvalue weighted by atomic mass is 9.96. The molecule has 5 aromatic rings. The van der Waals surface area contributed by atoms with Crippen LogP contribution < -0.4 is 10.6 Å². The molecule has 7 rings (SSSR count). The first-order valence-corrected chi connectivity index (χ1v) is 18.0. The minimum Gasteiger partial charge on any atom is -0.386 e. The standard InChI is InChI=1S/C40H46F2N8O2/c1-26-32(21-30(41)22-35(26)47-39(51)31-9-8-29(20-34(31)42)40(2,3)52)37-33-23-36(46-38(33)45-25-44-37)28-6-4-27(5-7-28)24-50-18-16-49(17-19-50)15-14-48-12-10-43-11-13-48/h4-9,20-23,25,43,52H,10-19,24H2,1-3H3,(H,47,51)(H,44,45,46). The molecule has 12 heteroatoms. The van der Waals surface area contributed by atoms with E-state index < -0.39 is 23.1 Å². The molecule has 2 fully saturated rings. The third-order valence-electron chi connectivity index (χ3n) is 10.3. The van der Waals surface area contributed by atoms with Gasteiger partial charge < -0.3 is 20.7 Å². The molecule has 0 saturated carbocycles. The Balaban J connectivity index is 1.03. The fourth-order valence-electron chi connectivity index (χ4n) is 7.07. The van der Waals surface area contributed by atoms with Crippen molar-refractivity contribution in [3.05, 3.63) is 101 Å². The molecular weight excluding hydrogens is 662 g/mol. The van der Waals surface area contributed by atoms with Gasteiger partial charge in [0.2, 0.25) is 0 Å². The number of carbonyl (C=O) groups is 1. The fraction of sp³-hybridized carbons (Fsp3) is 0.375. The summed E-state index contributed by atoms with van der Waals surface area (Å²) >= 11 is 0. The molecule has 0 radical (unpaired) electrons. The summed E-state index contributed by atoms with van der Waals surface area (Å²) in [6, 6.07) is 17.0. The van der Waals surface area contributed by atoms with Crippen LogP contribution in [-0.2, 0) is 12.1 Å². The van der Waals surface area contributed by atoms with Crippen molar-refractivity contribution in [2.24, 2.45) is 0 Å². The average Bonchev–Trinajstić information content (AvgIpc) is 3.58. The van der Waals surface area contributed by atoms with E-state index in [-0.39, 0.29) is 11.3 Å². The fourth-order valence-corrected chi connectivity index (χ4v) is 7.07. The summed E-state index contributed by atoms with van der Waals surface area (Å²) in [7, 11) is 0. The second kappa shape index (κ2) is 15.2. The van der Waals surface area contributed by atoms with Crippen LogP contribution in [0.2, 0.25) is 0 Å². The van der Waals surface area contributed by atoms with Crippen LogP contribution in [0.5, 0.6) is 0 Å². The summed E-state index contributed by atoms with van der Waals surface area (Å²) < 4.78 is 30.0. The quantitative estimate of drug-likeness (QED) is 0.153. The highest BCUT2D eigenvalue weighted by molar-refractivity contribution is 6.06. The Morgan fingerprint density at radius 2 is 1.58 bits per heavy atom. The van der Waals surface area contributed by atoms with Gasteiger partial charge in [0, 0.05) is 94.3 Å². The maximum atomic E-state index is 15.1. The monoisotopic (exact) mass is 708 g/mol. The number of H-pyrrole nitrogens is 1. The Morgan fingerprint density at radius 1 is 0.885 bits per heavy atom. The molecule has 52 heavy (non-hydrogen) atoms. The molecule has 272 valence electrons. The van der Waals surface area contributed by atoms with Gasteiger partial charge in [0.05, 0.1) is 16.9 Å². The van der Waals surface area contributed by atoms with Crippen LogP contribution in [0.15, 0.2) is 67.0 Å². The largest absolute Gasteiger partial charge is 0.386 e. The van der Waals surface area contributed by atoms with E-state index in [2.05, 4.69) is 64.6 Å². The van der Waals surface area contributed by atoms with Gasteiger partial charge in [-0.3, -0.25) is 19.5 Å². The Kier molecular flexibility index (Phi) is 10.4. The van der Waals surface area contributed by atoms with Crippen molar-refractivity contribution in [1.82, 2.24) is 35.0 Å². The highest BCUT2D eigenvalue weighted by Crippen LogP contribution is 2.35. The zero-order valence-corrected chi connectivity index (χ0v) is 30.0. The van der Waals surface area contributed by atoms with E-state index in [1.165, 1.54) is 50.0 Å². The minimum atomic E-state index is -1.27. The maximum Gasteiger partial charge on any atom is 0.258 e. The molecule has 2 aliphatic rings. The number of aromatic amines is 1. The Labute approximate surface area is 302 Å². The van der Waals surface area contributed by atoms with E-state index in [9.17, 15) is 14.3 Å². The molecule has 0 atom stereocenters. The first kappa shape index (κ1) is 35.8. The number of carbonyl (C=O) groups excluding carboxylic acids is 1. The summed E-state index contributed by atoms with van der Waals surface area (Å²) in [4.78, 5) is 33.1. The number of anilines is 1. The third kappa shape index (κ3) is 8.06. The molecule has 1 amide bonds. The molecule has 2 aliphatic heterocycles. The van der Waals surface area contributed by atoms with Gasteiger partial charge in [-0.15, -0.1) is 0 Å².